The first kappa shape index (κ1) is 22.5. The van der Waals surface area contributed by atoms with Gasteiger partial charge in [-0.05, 0) is 42.3 Å². The van der Waals surface area contributed by atoms with Gasteiger partial charge in [0.15, 0.2) is 0 Å². The molecule has 0 unspecified atom stereocenters. The quantitative estimate of drug-likeness (QED) is 0.302. The number of aromatic hydroxyl groups is 1. The molecule has 0 fully saturated rings. The van der Waals surface area contributed by atoms with Gasteiger partial charge in [0.1, 0.15) is 11.4 Å². The Kier molecular flexibility index (Phi) is 6.12. The smallest absolute Gasteiger partial charge is 0.258 e. The summed E-state index contributed by atoms with van der Waals surface area (Å²) < 4.78 is 6.01. The molecule has 1 aliphatic rings. The minimum Gasteiger partial charge on any atom is -0.507 e. The molecule has 0 atom stereocenters. The van der Waals surface area contributed by atoms with Gasteiger partial charge in [-0.15, -0.1) is 0 Å². The molecular formula is C29H22N2O3S. The number of aryl methyl sites for hydroxylation is 1. The second-order valence-corrected chi connectivity index (χ2v) is 8.74. The Morgan fingerprint density at radius 3 is 2.49 bits per heavy atom. The predicted octanol–water partition coefficient (Wildman–Crippen LogP) is 6.99. The second kappa shape index (κ2) is 9.52. The largest absolute Gasteiger partial charge is 0.507 e. The number of allylic oxidation sites excluding steroid dienone is 4. The molecule has 0 saturated heterocycles. The van der Waals surface area contributed by atoms with Crippen LogP contribution in [0, 0.1) is 6.92 Å². The van der Waals surface area contributed by atoms with Crippen LogP contribution in [-0.4, -0.2) is 20.9 Å². The number of amides is 1. The molecule has 0 aliphatic heterocycles. The summed E-state index contributed by atoms with van der Waals surface area (Å²) >= 11 is 5.54. The number of carbonyl (C=O) groups excluding carboxylic acids is 1. The van der Waals surface area contributed by atoms with Gasteiger partial charge in [0, 0.05) is 22.4 Å². The van der Waals surface area contributed by atoms with Crippen LogP contribution < -0.4 is 5.32 Å². The van der Waals surface area contributed by atoms with Gasteiger partial charge in [-0.1, -0.05) is 84.5 Å². The zero-order valence-electron chi connectivity index (χ0n) is 19.0. The number of hydrogen-bond donors (Lipinski definition) is 2. The summed E-state index contributed by atoms with van der Waals surface area (Å²) in [7, 11) is 0. The van der Waals surface area contributed by atoms with E-state index in [9.17, 15) is 9.90 Å². The predicted molar refractivity (Wildman–Crippen MR) is 143 cm³/mol. The highest BCUT2D eigenvalue weighted by atomic mass is 32.1. The van der Waals surface area contributed by atoms with Crippen molar-refractivity contribution in [3.05, 3.63) is 108 Å². The van der Waals surface area contributed by atoms with Gasteiger partial charge in [-0.3, -0.25) is 10.1 Å². The first-order valence-electron chi connectivity index (χ1n) is 11.2. The first-order chi connectivity index (χ1) is 17.0. The van der Waals surface area contributed by atoms with Gasteiger partial charge in [0.05, 0.1) is 5.56 Å². The topological polar surface area (TPSA) is 75.4 Å². The molecule has 1 aliphatic carbocycles. The standard InChI is InChI=1S/C29H22N2O3S/c1-18-11-13-19(14-12-18)21-15-16-22(24(32)17-21)28-30-26(23-9-5-6-10-25(23)35)29(34-28)31-27(33)20-7-3-2-4-8-20/h2-9,11-17,32H,10H2,1H3,(H,31,33). The highest BCUT2D eigenvalue weighted by molar-refractivity contribution is 7.81. The molecule has 2 N–H and O–H groups in total. The number of nitrogens with one attached hydrogen (secondary N) is 1. The van der Waals surface area contributed by atoms with Crippen molar-refractivity contribution in [1.82, 2.24) is 4.98 Å². The fourth-order valence-corrected chi connectivity index (χ4v) is 4.12. The van der Waals surface area contributed by atoms with Crippen molar-refractivity contribution in [2.24, 2.45) is 0 Å². The number of anilines is 1. The van der Waals surface area contributed by atoms with Crippen LogP contribution in [0.5, 0.6) is 5.75 Å². The van der Waals surface area contributed by atoms with Gasteiger partial charge >= 0.3 is 0 Å². The van der Waals surface area contributed by atoms with Crippen molar-refractivity contribution in [3.8, 4) is 28.3 Å². The van der Waals surface area contributed by atoms with Gasteiger partial charge in [0.25, 0.3) is 5.91 Å². The summed E-state index contributed by atoms with van der Waals surface area (Å²) in [5, 5.41) is 13.7. The maximum absolute atomic E-state index is 12.9. The summed E-state index contributed by atoms with van der Waals surface area (Å²) in [6.07, 6.45) is 6.32. The summed E-state index contributed by atoms with van der Waals surface area (Å²) in [4.78, 5) is 18.2. The SMILES string of the molecule is Cc1ccc(-c2ccc(-c3nc(C4=CC=CCC4=S)c(NC(=O)c4ccccc4)o3)c(O)c2)cc1. The zero-order chi connectivity index (χ0) is 24.4. The van der Waals surface area contributed by atoms with Crippen molar-refractivity contribution in [2.75, 3.05) is 5.32 Å². The number of phenols is 1. The monoisotopic (exact) mass is 478 g/mol. The van der Waals surface area contributed by atoms with E-state index in [1.165, 1.54) is 0 Å². The molecule has 0 radical (unpaired) electrons. The van der Waals surface area contributed by atoms with Gasteiger partial charge in [-0.2, -0.15) is 0 Å². The minimum atomic E-state index is -0.327. The third-order valence-corrected chi connectivity index (χ3v) is 6.15. The van der Waals surface area contributed by atoms with E-state index in [1.54, 1.807) is 36.4 Å². The lowest BCUT2D eigenvalue weighted by molar-refractivity contribution is 0.102. The highest BCUT2D eigenvalue weighted by Gasteiger charge is 2.24. The third-order valence-electron chi connectivity index (χ3n) is 5.76. The lowest BCUT2D eigenvalue weighted by Crippen LogP contribution is -2.13. The van der Waals surface area contributed by atoms with Crippen LogP contribution in [0.1, 0.15) is 28.0 Å². The summed E-state index contributed by atoms with van der Waals surface area (Å²) in [6, 6.07) is 22.3. The molecule has 1 heterocycles. The van der Waals surface area contributed by atoms with E-state index in [0.717, 1.165) is 16.7 Å². The Morgan fingerprint density at radius 2 is 1.77 bits per heavy atom. The van der Waals surface area contributed by atoms with Crippen LogP contribution in [0.3, 0.4) is 0 Å². The van der Waals surface area contributed by atoms with E-state index >= 15 is 0 Å². The molecule has 35 heavy (non-hydrogen) atoms. The van der Waals surface area contributed by atoms with E-state index in [2.05, 4.69) is 10.3 Å². The maximum atomic E-state index is 12.9. The summed E-state index contributed by atoms with van der Waals surface area (Å²) in [6.45, 7) is 2.03. The number of nitrogens with zero attached hydrogens (tertiary/aromatic N) is 1. The molecule has 3 aromatic carbocycles. The van der Waals surface area contributed by atoms with Crippen LogP contribution in [-0.2, 0) is 0 Å². The maximum Gasteiger partial charge on any atom is 0.258 e. The van der Waals surface area contributed by atoms with Crippen molar-refractivity contribution < 1.29 is 14.3 Å². The normalized spacial score (nSPS) is 12.9. The van der Waals surface area contributed by atoms with Crippen LogP contribution in [0.15, 0.2) is 95.4 Å². The minimum absolute atomic E-state index is 0.0249. The Morgan fingerprint density at radius 1 is 1.03 bits per heavy atom. The number of oxazole rings is 1. The van der Waals surface area contributed by atoms with E-state index < -0.39 is 0 Å². The fraction of sp³-hybridized carbons (Fsp3) is 0.0690. The van der Waals surface area contributed by atoms with Gasteiger partial charge in [-0.25, -0.2) is 4.98 Å². The summed E-state index contributed by atoms with van der Waals surface area (Å²) in [5.74, 6) is 0.0672. The molecule has 172 valence electrons. The third kappa shape index (κ3) is 4.69. The van der Waals surface area contributed by atoms with Gasteiger partial charge in [0.2, 0.25) is 11.8 Å². The average molecular weight is 479 g/mol. The molecule has 5 rings (SSSR count). The van der Waals surface area contributed by atoms with Gasteiger partial charge < -0.3 is 9.52 Å². The number of aromatic nitrogens is 1. The van der Waals surface area contributed by atoms with Crippen molar-refractivity contribution >= 4 is 34.4 Å². The number of phenolic OH excluding ortho intramolecular Hbond substituents is 1. The Hall–Kier alpha value is -4.29. The van der Waals surface area contributed by atoms with E-state index in [0.29, 0.717) is 33.7 Å². The second-order valence-electron chi connectivity index (χ2n) is 8.25. The molecular weight excluding hydrogens is 456 g/mol. The Balaban J connectivity index is 1.54. The molecule has 5 nitrogen and oxygen atoms in total. The summed E-state index contributed by atoms with van der Waals surface area (Å²) in [5.41, 5.74) is 5.07. The van der Waals surface area contributed by atoms with E-state index in [-0.39, 0.29) is 23.4 Å². The van der Waals surface area contributed by atoms with E-state index in [1.807, 2.05) is 61.5 Å². The number of carbonyl (C=O) groups is 1. The van der Waals surface area contributed by atoms with Crippen molar-refractivity contribution in [1.29, 1.82) is 0 Å². The average Bonchev–Trinajstić information content (AvgIpc) is 3.28. The number of rotatable bonds is 5. The fourth-order valence-electron chi connectivity index (χ4n) is 3.86. The molecule has 1 amide bonds. The van der Waals surface area contributed by atoms with Crippen LogP contribution in [0.4, 0.5) is 5.88 Å². The molecule has 0 saturated carbocycles. The highest BCUT2D eigenvalue weighted by Crippen LogP contribution is 2.38. The Labute approximate surface area is 208 Å². The lowest BCUT2D eigenvalue weighted by atomic mass is 10.0. The van der Waals surface area contributed by atoms with Crippen LogP contribution >= 0.6 is 12.2 Å². The Bertz CT molecular complexity index is 1480. The van der Waals surface area contributed by atoms with Crippen LogP contribution in [0.2, 0.25) is 0 Å². The molecule has 0 bridgehead atoms. The van der Waals surface area contributed by atoms with Crippen LogP contribution in [0.25, 0.3) is 28.2 Å². The van der Waals surface area contributed by atoms with Crippen molar-refractivity contribution in [3.63, 3.8) is 0 Å². The molecule has 1 aromatic heterocycles. The molecule has 0 spiro atoms. The first-order valence-corrected chi connectivity index (χ1v) is 11.6. The zero-order valence-corrected chi connectivity index (χ0v) is 19.8. The number of thiocarbonyl (C=S) groups is 1. The lowest BCUT2D eigenvalue weighted by Gasteiger charge is -2.09. The number of benzene rings is 3. The van der Waals surface area contributed by atoms with E-state index in [4.69, 9.17) is 16.6 Å². The molecule has 4 aromatic rings. The van der Waals surface area contributed by atoms with Crippen molar-refractivity contribution in [2.45, 2.75) is 13.3 Å². The molecule has 6 heteroatoms. The number of hydrogen-bond acceptors (Lipinski definition) is 5.